The minimum atomic E-state index is -0.327. The zero-order valence-corrected chi connectivity index (χ0v) is 15.5. The van der Waals surface area contributed by atoms with Crippen LogP contribution < -0.4 is 5.32 Å². The Kier molecular flexibility index (Phi) is 5.59. The summed E-state index contributed by atoms with van der Waals surface area (Å²) in [6.45, 7) is 5.48. The summed E-state index contributed by atoms with van der Waals surface area (Å²) in [7, 11) is 0. The molecule has 1 fully saturated rings. The molecule has 3 amide bonds. The third-order valence-electron chi connectivity index (χ3n) is 4.71. The number of para-hydroxylation sites is 1. The Morgan fingerprint density at radius 3 is 2.19 bits per heavy atom. The first-order chi connectivity index (χ1) is 13.0. The maximum Gasteiger partial charge on any atom is 0.289 e. The molecule has 0 atom stereocenters. The van der Waals surface area contributed by atoms with Crippen molar-refractivity contribution in [1.29, 1.82) is 0 Å². The first-order valence-electron chi connectivity index (χ1n) is 8.92. The number of piperazine rings is 1. The summed E-state index contributed by atoms with van der Waals surface area (Å²) in [6.07, 6.45) is 1.25. The van der Waals surface area contributed by atoms with Crippen LogP contribution in [0.4, 0.5) is 5.69 Å². The van der Waals surface area contributed by atoms with Crippen molar-refractivity contribution >= 4 is 23.4 Å². The Bertz CT molecular complexity index is 817. The van der Waals surface area contributed by atoms with E-state index in [1.807, 2.05) is 32.0 Å². The average molecular weight is 369 g/mol. The van der Waals surface area contributed by atoms with E-state index in [2.05, 4.69) is 5.32 Å². The SMILES string of the molecule is Cc1cccc(C)c1NC(=O)CC(=O)N1CCN(C(=O)c2ccco2)CC1. The van der Waals surface area contributed by atoms with Gasteiger partial charge >= 0.3 is 0 Å². The van der Waals surface area contributed by atoms with Gasteiger partial charge in [-0.3, -0.25) is 14.4 Å². The predicted octanol–water partition coefficient (Wildman–Crippen LogP) is 2.21. The monoisotopic (exact) mass is 369 g/mol. The summed E-state index contributed by atoms with van der Waals surface area (Å²) in [5.41, 5.74) is 2.67. The third-order valence-corrected chi connectivity index (χ3v) is 4.71. The summed E-state index contributed by atoms with van der Waals surface area (Å²) >= 11 is 0. The molecule has 0 bridgehead atoms. The standard InChI is InChI=1S/C20H23N3O4/c1-14-5-3-6-15(2)19(14)21-17(24)13-18(25)22-8-10-23(11-9-22)20(26)16-7-4-12-27-16/h3-7,12H,8-11,13H2,1-2H3,(H,21,24). The Balaban J connectivity index is 1.51. The van der Waals surface area contributed by atoms with Gasteiger partial charge in [0.15, 0.2) is 5.76 Å². The van der Waals surface area contributed by atoms with E-state index in [4.69, 9.17) is 4.42 Å². The van der Waals surface area contributed by atoms with Crippen molar-refractivity contribution in [3.05, 3.63) is 53.5 Å². The van der Waals surface area contributed by atoms with Gasteiger partial charge in [-0.05, 0) is 37.1 Å². The van der Waals surface area contributed by atoms with Gasteiger partial charge in [0, 0.05) is 31.9 Å². The minimum Gasteiger partial charge on any atom is -0.459 e. The molecule has 1 aliphatic rings. The highest BCUT2D eigenvalue weighted by molar-refractivity contribution is 6.04. The van der Waals surface area contributed by atoms with Crippen LogP contribution in [0.1, 0.15) is 28.1 Å². The van der Waals surface area contributed by atoms with Crippen LogP contribution in [-0.4, -0.2) is 53.7 Å². The number of hydrogen-bond acceptors (Lipinski definition) is 4. The third kappa shape index (κ3) is 4.36. The molecule has 0 radical (unpaired) electrons. The molecule has 1 saturated heterocycles. The normalized spacial score (nSPS) is 14.1. The van der Waals surface area contributed by atoms with E-state index < -0.39 is 0 Å². The van der Waals surface area contributed by atoms with Crippen LogP contribution in [0.15, 0.2) is 41.0 Å². The van der Waals surface area contributed by atoms with Crippen LogP contribution in [-0.2, 0) is 9.59 Å². The maximum atomic E-state index is 12.4. The van der Waals surface area contributed by atoms with E-state index in [9.17, 15) is 14.4 Å². The summed E-state index contributed by atoms with van der Waals surface area (Å²) < 4.78 is 5.13. The van der Waals surface area contributed by atoms with Gasteiger partial charge in [0.2, 0.25) is 11.8 Å². The van der Waals surface area contributed by atoms with E-state index in [0.717, 1.165) is 16.8 Å². The Labute approximate surface area is 157 Å². The van der Waals surface area contributed by atoms with Gasteiger partial charge in [-0.1, -0.05) is 18.2 Å². The van der Waals surface area contributed by atoms with Gasteiger partial charge in [0.05, 0.1) is 6.26 Å². The lowest BCUT2D eigenvalue weighted by Gasteiger charge is -2.34. The second kappa shape index (κ2) is 8.07. The van der Waals surface area contributed by atoms with Crippen LogP contribution in [0.2, 0.25) is 0 Å². The van der Waals surface area contributed by atoms with Gasteiger partial charge in [-0.15, -0.1) is 0 Å². The summed E-state index contributed by atoms with van der Waals surface area (Å²) in [6, 6.07) is 9.05. The van der Waals surface area contributed by atoms with Gasteiger partial charge < -0.3 is 19.5 Å². The molecule has 2 heterocycles. The summed E-state index contributed by atoms with van der Waals surface area (Å²) in [5, 5.41) is 2.83. The number of rotatable bonds is 4. The van der Waals surface area contributed by atoms with Crippen molar-refractivity contribution in [2.45, 2.75) is 20.3 Å². The fraction of sp³-hybridized carbons (Fsp3) is 0.350. The second-order valence-electron chi connectivity index (χ2n) is 6.64. The molecule has 0 saturated carbocycles. The van der Waals surface area contributed by atoms with E-state index in [1.165, 1.54) is 6.26 Å². The highest BCUT2D eigenvalue weighted by Crippen LogP contribution is 2.19. The van der Waals surface area contributed by atoms with Gasteiger partial charge in [0.1, 0.15) is 6.42 Å². The molecule has 7 heteroatoms. The summed E-state index contributed by atoms with van der Waals surface area (Å²) in [5.74, 6) is -0.446. The molecule has 27 heavy (non-hydrogen) atoms. The minimum absolute atomic E-state index is 0.181. The molecule has 1 aliphatic heterocycles. The molecular weight excluding hydrogens is 346 g/mol. The van der Waals surface area contributed by atoms with E-state index in [-0.39, 0.29) is 24.1 Å². The first-order valence-corrected chi connectivity index (χ1v) is 8.92. The number of nitrogens with one attached hydrogen (secondary N) is 1. The lowest BCUT2D eigenvalue weighted by atomic mass is 10.1. The second-order valence-corrected chi connectivity index (χ2v) is 6.64. The van der Waals surface area contributed by atoms with Crippen LogP contribution in [0.5, 0.6) is 0 Å². The molecule has 0 aliphatic carbocycles. The highest BCUT2D eigenvalue weighted by Gasteiger charge is 2.27. The fourth-order valence-corrected chi connectivity index (χ4v) is 3.16. The number of carbonyl (C=O) groups is 3. The van der Waals surface area contributed by atoms with Crippen molar-refractivity contribution in [2.75, 3.05) is 31.5 Å². The lowest BCUT2D eigenvalue weighted by molar-refractivity contribution is -0.135. The predicted molar refractivity (Wildman–Crippen MR) is 100 cm³/mol. The number of carbonyl (C=O) groups excluding carboxylic acids is 3. The van der Waals surface area contributed by atoms with Crippen molar-refractivity contribution in [2.24, 2.45) is 0 Å². The Morgan fingerprint density at radius 1 is 0.963 bits per heavy atom. The quantitative estimate of drug-likeness (QED) is 0.838. The number of furan rings is 1. The number of benzene rings is 1. The molecule has 142 valence electrons. The first kappa shape index (κ1) is 18.7. The molecule has 0 unspecified atom stereocenters. The van der Waals surface area contributed by atoms with E-state index in [1.54, 1.807) is 21.9 Å². The van der Waals surface area contributed by atoms with Gasteiger partial charge in [-0.25, -0.2) is 0 Å². The van der Waals surface area contributed by atoms with Gasteiger partial charge in [0.25, 0.3) is 5.91 Å². The maximum absolute atomic E-state index is 12.4. The molecule has 1 aromatic heterocycles. The summed E-state index contributed by atoms with van der Waals surface area (Å²) in [4.78, 5) is 40.2. The molecule has 3 rings (SSSR count). The highest BCUT2D eigenvalue weighted by atomic mass is 16.3. The van der Waals surface area contributed by atoms with E-state index >= 15 is 0 Å². The molecule has 1 aromatic carbocycles. The van der Waals surface area contributed by atoms with Crippen molar-refractivity contribution < 1.29 is 18.8 Å². The molecular formula is C20H23N3O4. The average Bonchev–Trinajstić information content (AvgIpc) is 3.19. The van der Waals surface area contributed by atoms with Crippen molar-refractivity contribution in [3.8, 4) is 0 Å². The number of hydrogen-bond donors (Lipinski definition) is 1. The van der Waals surface area contributed by atoms with Crippen molar-refractivity contribution in [3.63, 3.8) is 0 Å². The number of amides is 3. The number of anilines is 1. The Hall–Kier alpha value is -3.09. The Morgan fingerprint density at radius 2 is 1.59 bits per heavy atom. The number of nitrogens with zero attached hydrogens (tertiary/aromatic N) is 2. The topological polar surface area (TPSA) is 82.9 Å². The van der Waals surface area contributed by atoms with Gasteiger partial charge in [-0.2, -0.15) is 0 Å². The largest absolute Gasteiger partial charge is 0.459 e. The zero-order valence-electron chi connectivity index (χ0n) is 15.5. The number of aryl methyl sites for hydroxylation is 2. The smallest absolute Gasteiger partial charge is 0.289 e. The van der Waals surface area contributed by atoms with Crippen LogP contribution in [0, 0.1) is 13.8 Å². The van der Waals surface area contributed by atoms with E-state index in [0.29, 0.717) is 31.9 Å². The zero-order chi connectivity index (χ0) is 19.4. The van der Waals surface area contributed by atoms with Crippen LogP contribution >= 0.6 is 0 Å². The fourth-order valence-electron chi connectivity index (χ4n) is 3.16. The molecule has 1 N–H and O–H groups in total. The van der Waals surface area contributed by atoms with Crippen LogP contribution in [0.25, 0.3) is 0 Å². The molecule has 0 spiro atoms. The van der Waals surface area contributed by atoms with Crippen LogP contribution in [0.3, 0.4) is 0 Å². The molecule has 7 nitrogen and oxygen atoms in total. The molecule has 2 aromatic rings. The van der Waals surface area contributed by atoms with Crippen molar-refractivity contribution in [1.82, 2.24) is 9.80 Å². The lowest BCUT2D eigenvalue weighted by Crippen LogP contribution is -2.51.